The number of hydrogen-bond acceptors (Lipinski definition) is 3. The normalized spacial score (nSPS) is 49.3. The van der Waals surface area contributed by atoms with Crippen LogP contribution in [0.3, 0.4) is 0 Å². The molecule has 4 fully saturated rings. The van der Waals surface area contributed by atoms with Crippen LogP contribution in [0.2, 0.25) is 0 Å². The van der Waals surface area contributed by atoms with Crippen LogP contribution in [0.5, 0.6) is 0 Å². The zero-order chi connectivity index (χ0) is 19.1. The molecule has 4 aliphatic rings. The molecule has 0 unspecified atom stereocenters. The lowest BCUT2D eigenvalue weighted by atomic mass is 9.52. The first-order valence-corrected chi connectivity index (χ1v) is 9.48. The van der Waals surface area contributed by atoms with E-state index in [4.69, 9.17) is 0 Å². The van der Waals surface area contributed by atoms with Gasteiger partial charge < -0.3 is 15.3 Å². The Hall–Kier alpha value is -1.85. The second-order valence-electron chi connectivity index (χ2n) is 9.31. The third-order valence-electron chi connectivity index (χ3n) is 8.51. The van der Waals surface area contributed by atoms with Crippen molar-refractivity contribution in [3.05, 3.63) is 12.2 Å². The van der Waals surface area contributed by atoms with E-state index in [1.807, 2.05) is 0 Å². The molecule has 4 aliphatic carbocycles. The van der Waals surface area contributed by atoms with Gasteiger partial charge in [0, 0.05) is 5.92 Å². The Morgan fingerprint density at radius 1 is 1.08 bits per heavy atom. The molecular weight excluding hydrogens is 336 g/mol. The molecule has 1 spiro atoms. The van der Waals surface area contributed by atoms with E-state index in [1.54, 1.807) is 6.92 Å². The second-order valence-corrected chi connectivity index (χ2v) is 9.31. The maximum atomic E-state index is 12.6. The van der Waals surface area contributed by atoms with Crippen molar-refractivity contribution in [3.63, 3.8) is 0 Å². The van der Waals surface area contributed by atoms with Gasteiger partial charge in [-0.25, -0.2) is 0 Å². The fourth-order valence-corrected chi connectivity index (χ4v) is 7.73. The van der Waals surface area contributed by atoms with E-state index >= 15 is 0 Å². The average Bonchev–Trinajstić information content (AvgIpc) is 2.96. The van der Waals surface area contributed by atoms with E-state index in [-0.39, 0.29) is 11.8 Å². The van der Waals surface area contributed by atoms with Crippen molar-refractivity contribution in [2.75, 3.05) is 0 Å². The summed E-state index contributed by atoms with van der Waals surface area (Å²) in [6, 6.07) is 0. The molecule has 0 heterocycles. The van der Waals surface area contributed by atoms with Gasteiger partial charge in [-0.15, -0.1) is 0 Å². The van der Waals surface area contributed by atoms with E-state index in [1.165, 1.54) is 0 Å². The summed E-state index contributed by atoms with van der Waals surface area (Å²) in [6.45, 7) is 5.72. The Morgan fingerprint density at radius 2 is 1.77 bits per heavy atom. The highest BCUT2D eigenvalue weighted by Gasteiger charge is 2.78. The molecule has 142 valence electrons. The summed E-state index contributed by atoms with van der Waals surface area (Å²) in [6.07, 6.45) is 3.89. The SMILES string of the molecule is C=C1C[C@]23C[C@H]1CC[C@@H]2[C@]1(C(=O)O)CCC[C@@](C)(C(=O)O)[C@H]1[C@@H]3C(=O)O. The van der Waals surface area contributed by atoms with Gasteiger partial charge in [0.1, 0.15) is 0 Å². The number of fused-ring (bicyclic) bond motifs is 3. The predicted molar refractivity (Wildman–Crippen MR) is 91.3 cm³/mol. The van der Waals surface area contributed by atoms with Crippen LogP contribution in [0, 0.1) is 39.9 Å². The first kappa shape index (κ1) is 17.6. The van der Waals surface area contributed by atoms with Crippen molar-refractivity contribution in [2.45, 2.75) is 51.9 Å². The van der Waals surface area contributed by atoms with Crippen LogP contribution in [0.4, 0.5) is 0 Å². The van der Waals surface area contributed by atoms with Gasteiger partial charge in [0.25, 0.3) is 0 Å². The molecule has 0 aliphatic heterocycles. The number of allylic oxidation sites excluding steroid dienone is 1. The molecule has 0 aromatic carbocycles. The Morgan fingerprint density at radius 3 is 2.35 bits per heavy atom. The maximum Gasteiger partial charge on any atom is 0.310 e. The Bertz CT molecular complexity index is 728. The van der Waals surface area contributed by atoms with Crippen LogP contribution in [0.1, 0.15) is 51.9 Å². The number of carboxylic acids is 3. The quantitative estimate of drug-likeness (QED) is 0.665. The zero-order valence-electron chi connectivity index (χ0n) is 15.0. The zero-order valence-corrected chi connectivity index (χ0v) is 15.0. The van der Waals surface area contributed by atoms with Gasteiger partial charge in [0.05, 0.1) is 16.7 Å². The topological polar surface area (TPSA) is 112 Å². The fraction of sp³-hybridized carbons (Fsp3) is 0.750. The molecule has 3 N–H and O–H groups in total. The van der Waals surface area contributed by atoms with Crippen molar-refractivity contribution in [3.8, 4) is 0 Å². The standard InChI is InChI=1S/C20H26O6/c1-10-8-19-9-11(10)4-5-12(19)20(17(25)26)7-3-6-18(2,16(23)24)14(20)13(19)15(21)22/h11-14H,1,3-9H2,2H3,(H,21,22)(H,23,24)(H,25,26)/t11-,12+,13-,14-,18-,19+,20-/m1/s1. The van der Waals surface area contributed by atoms with Crippen LogP contribution in [0.25, 0.3) is 0 Å². The lowest BCUT2D eigenvalue weighted by Gasteiger charge is -2.49. The Kier molecular flexibility index (Phi) is 3.45. The van der Waals surface area contributed by atoms with E-state index in [9.17, 15) is 29.7 Å². The highest BCUT2D eigenvalue weighted by molar-refractivity contribution is 5.85. The molecule has 4 saturated carbocycles. The van der Waals surface area contributed by atoms with Crippen LogP contribution in [-0.2, 0) is 14.4 Å². The lowest BCUT2D eigenvalue weighted by Crippen LogP contribution is -2.54. The number of aliphatic carboxylic acids is 3. The Balaban J connectivity index is 2.00. The Labute approximate surface area is 152 Å². The number of hydrogen-bond donors (Lipinski definition) is 3. The highest BCUT2D eigenvalue weighted by atomic mass is 16.4. The van der Waals surface area contributed by atoms with Gasteiger partial charge >= 0.3 is 17.9 Å². The molecule has 0 aromatic heterocycles. The molecule has 7 atom stereocenters. The van der Waals surface area contributed by atoms with Crippen molar-refractivity contribution in [2.24, 2.45) is 39.9 Å². The molecule has 6 nitrogen and oxygen atoms in total. The monoisotopic (exact) mass is 362 g/mol. The molecule has 26 heavy (non-hydrogen) atoms. The molecular formula is C20H26O6. The molecule has 0 amide bonds. The van der Waals surface area contributed by atoms with E-state index in [0.29, 0.717) is 38.5 Å². The van der Waals surface area contributed by atoms with Crippen molar-refractivity contribution < 1.29 is 29.7 Å². The van der Waals surface area contributed by atoms with Gasteiger partial charge in [-0.05, 0) is 62.7 Å². The summed E-state index contributed by atoms with van der Waals surface area (Å²) >= 11 is 0. The predicted octanol–water partition coefficient (Wildman–Crippen LogP) is 3.03. The van der Waals surface area contributed by atoms with Gasteiger partial charge in [-0.2, -0.15) is 0 Å². The number of rotatable bonds is 3. The lowest BCUT2D eigenvalue weighted by molar-refractivity contribution is -0.177. The summed E-state index contributed by atoms with van der Waals surface area (Å²) < 4.78 is 0. The molecule has 4 rings (SSSR count). The van der Waals surface area contributed by atoms with Crippen LogP contribution < -0.4 is 0 Å². The average molecular weight is 362 g/mol. The van der Waals surface area contributed by atoms with Crippen molar-refractivity contribution in [1.82, 2.24) is 0 Å². The first-order chi connectivity index (χ1) is 12.1. The summed E-state index contributed by atoms with van der Waals surface area (Å²) in [5.41, 5.74) is -2.22. The van der Waals surface area contributed by atoms with Gasteiger partial charge in [0.2, 0.25) is 0 Å². The van der Waals surface area contributed by atoms with Crippen molar-refractivity contribution in [1.29, 1.82) is 0 Å². The van der Waals surface area contributed by atoms with E-state index in [2.05, 4.69) is 6.58 Å². The fourth-order valence-electron chi connectivity index (χ4n) is 7.73. The van der Waals surface area contributed by atoms with E-state index < -0.39 is 46.0 Å². The minimum Gasteiger partial charge on any atom is -0.481 e. The summed E-state index contributed by atoms with van der Waals surface area (Å²) in [4.78, 5) is 37.3. The highest BCUT2D eigenvalue weighted by Crippen LogP contribution is 2.77. The minimum absolute atomic E-state index is 0.246. The first-order valence-electron chi connectivity index (χ1n) is 9.48. The maximum absolute atomic E-state index is 12.6. The van der Waals surface area contributed by atoms with Gasteiger partial charge in [0.15, 0.2) is 0 Å². The van der Waals surface area contributed by atoms with Crippen LogP contribution in [0.15, 0.2) is 12.2 Å². The van der Waals surface area contributed by atoms with E-state index in [0.717, 1.165) is 12.0 Å². The smallest absolute Gasteiger partial charge is 0.310 e. The van der Waals surface area contributed by atoms with Crippen molar-refractivity contribution >= 4 is 17.9 Å². The summed E-state index contributed by atoms with van der Waals surface area (Å²) in [7, 11) is 0. The summed E-state index contributed by atoms with van der Waals surface area (Å²) in [5.74, 6) is -4.96. The minimum atomic E-state index is -1.33. The molecule has 0 saturated heterocycles. The summed E-state index contributed by atoms with van der Waals surface area (Å²) in [5, 5.41) is 30.5. The van der Waals surface area contributed by atoms with Crippen LogP contribution in [-0.4, -0.2) is 33.2 Å². The molecule has 6 heteroatoms. The van der Waals surface area contributed by atoms with Gasteiger partial charge in [-0.1, -0.05) is 18.6 Å². The third-order valence-corrected chi connectivity index (χ3v) is 8.51. The number of carbonyl (C=O) groups is 3. The third kappa shape index (κ3) is 1.75. The molecule has 0 aromatic rings. The number of carboxylic acid groups (broad SMARTS) is 3. The largest absolute Gasteiger partial charge is 0.481 e. The molecule has 2 bridgehead atoms. The van der Waals surface area contributed by atoms with Gasteiger partial charge in [-0.3, -0.25) is 14.4 Å². The van der Waals surface area contributed by atoms with Crippen LogP contribution >= 0.6 is 0 Å². The second kappa shape index (κ2) is 5.11. The molecule has 0 radical (unpaired) electrons.